The Morgan fingerprint density at radius 1 is 1.39 bits per heavy atom. The number of nitrogens with zero attached hydrogens (tertiary/aromatic N) is 1. The molecule has 1 unspecified atom stereocenters. The third-order valence-electron chi connectivity index (χ3n) is 6.99. The zero-order chi connectivity index (χ0) is 24.3. The molecule has 0 spiro atoms. The van der Waals surface area contributed by atoms with Gasteiger partial charge in [-0.15, -0.1) is 11.8 Å². The number of aliphatic hydroxyl groups is 2. The number of hydrogen-bond donors (Lipinski definition) is 5. The number of amides is 1. The summed E-state index contributed by atoms with van der Waals surface area (Å²) in [4.78, 5) is 25.5. The van der Waals surface area contributed by atoms with Crippen molar-refractivity contribution in [3.05, 3.63) is 22.6 Å². The lowest BCUT2D eigenvalue weighted by molar-refractivity contribution is -0.305. The number of nitrogens with one attached hydrogen (secondary N) is 1. The van der Waals surface area contributed by atoms with Crippen LogP contribution < -0.4 is 16.2 Å². The second-order valence-corrected chi connectivity index (χ2v) is 10.1. The minimum Gasteiger partial charge on any atom is -0.871 e. The molecule has 3 aliphatic heterocycles. The number of nitrogens with two attached hydrogens (primary N) is 1. The predicted molar refractivity (Wildman–Crippen MR) is 119 cm³/mol. The normalized spacial score (nSPS) is 36.5. The molecular formula is C20H28N3O8S2-. The van der Waals surface area contributed by atoms with Crippen LogP contribution in [0.2, 0.25) is 0 Å². The molecule has 13 heteroatoms. The quantitative estimate of drug-likeness (QED) is 0.133. The molecule has 184 valence electrons. The van der Waals surface area contributed by atoms with Gasteiger partial charge in [-0.25, -0.2) is 4.79 Å². The summed E-state index contributed by atoms with van der Waals surface area (Å²) in [5.41, 5.74) is 4.64. The van der Waals surface area contributed by atoms with Crippen LogP contribution in [-0.4, -0.2) is 101 Å². The van der Waals surface area contributed by atoms with Gasteiger partial charge in [-0.05, 0) is 12.5 Å². The number of aliphatic hydroxyl groups excluding tert-OH is 2. The average Bonchev–Trinajstić information content (AvgIpc) is 3.41. The summed E-state index contributed by atoms with van der Waals surface area (Å²) in [6.45, 7) is 1.72. The molecular weight excluding hydrogens is 474 g/mol. The fraction of sp³-hybridized carbons (Fsp3) is 0.700. The molecule has 11 nitrogen and oxygen atoms in total. The summed E-state index contributed by atoms with van der Waals surface area (Å²) < 4.78 is 16.7. The van der Waals surface area contributed by atoms with Crippen molar-refractivity contribution in [2.75, 3.05) is 38.9 Å². The summed E-state index contributed by atoms with van der Waals surface area (Å²) in [5.74, 6) is -1.71. The number of methoxy groups -OCH3 is 2. The van der Waals surface area contributed by atoms with E-state index >= 15 is 0 Å². The van der Waals surface area contributed by atoms with Crippen molar-refractivity contribution in [1.29, 1.82) is 0 Å². The first-order valence-corrected chi connectivity index (χ1v) is 12.1. The average molecular weight is 503 g/mol. The Kier molecular flexibility index (Phi) is 6.44. The van der Waals surface area contributed by atoms with E-state index in [1.165, 1.54) is 21.1 Å². The summed E-state index contributed by atoms with van der Waals surface area (Å²) in [5, 5.41) is 37.1. The fourth-order valence-corrected chi connectivity index (χ4v) is 6.82. The molecule has 5 N–H and O–H groups in total. The van der Waals surface area contributed by atoms with E-state index in [0.717, 1.165) is 11.8 Å². The van der Waals surface area contributed by atoms with Crippen LogP contribution in [0.1, 0.15) is 6.92 Å². The summed E-state index contributed by atoms with van der Waals surface area (Å²) in [6.07, 6.45) is -3.30. The van der Waals surface area contributed by atoms with Gasteiger partial charge in [0.1, 0.15) is 6.61 Å². The maximum absolute atomic E-state index is 14.0. The second-order valence-electron chi connectivity index (χ2n) is 8.49. The number of primary amides is 1. The molecule has 4 rings (SSSR count). The molecule has 0 aromatic heterocycles. The molecule has 0 bridgehead atoms. The molecule has 0 radical (unpaired) electrons. The lowest BCUT2D eigenvalue weighted by Crippen LogP contribution is -2.55. The highest BCUT2D eigenvalue weighted by Crippen LogP contribution is 2.58. The number of ketones is 1. The van der Waals surface area contributed by atoms with Crippen LogP contribution in [-0.2, 0) is 19.0 Å². The standard InChI is InChI=1S/C20H29N3O8S2/c1-8-15(26)14-13(17(27)20(8,30-3)33-7-12(25)11(24)6-32)9(5-31-18(21)28)19(29-2)16-10(22-16)4-23(14)19/h9-12,16,22,24-26,32H,4-7H2,1-3H3,(H2,21,28)/p-1/t9-,10+,11+,12+,16+,19-,20?/m1/s1. The monoisotopic (exact) mass is 502 g/mol. The van der Waals surface area contributed by atoms with Crippen LogP contribution in [0.3, 0.4) is 0 Å². The molecule has 33 heavy (non-hydrogen) atoms. The zero-order valence-electron chi connectivity index (χ0n) is 18.4. The van der Waals surface area contributed by atoms with Gasteiger partial charge >= 0.3 is 6.09 Å². The number of thioether (sulfide) groups is 1. The van der Waals surface area contributed by atoms with Gasteiger partial charge in [0.25, 0.3) is 0 Å². The molecule has 4 aliphatic rings. The van der Waals surface area contributed by atoms with Crippen LogP contribution in [0, 0.1) is 5.92 Å². The van der Waals surface area contributed by atoms with Gasteiger partial charge in [0.05, 0.1) is 24.2 Å². The molecule has 0 aromatic rings. The first-order chi connectivity index (χ1) is 15.6. The van der Waals surface area contributed by atoms with Crippen molar-refractivity contribution < 1.29 is 39.1 Å². The molecule has 2 saturated heterocycles. The topological polar surface area (TPSA) is 177 Å². The maximum atomic E-state index is 14.0. The van der Waals surface area contributed by atoms with E-state index in [-0.39, 0.29) is 52.8 Å². The second kappa shape index (κ2) is 8.63. The van der Waals surface area contributed by atoms with Gasteiger partial charge in [-0.1, -0.05) is 5.76 Å². The number of ether oxygens (including phenoxy) is 3. The van der Waals surface area contributed by atoms with E-state index in [1.807, 2.05) is 0 Å². The maximum Gasteiger partial charge on any atom is 0.404 e. The minimum absolute atomic E-state index is 0.0278. The third-order valence-corrected chi connectivity index (χ3v) is 8.94. The number of hydrogen-bond acceptors (Lipinski definition) is 12. The van der Waals surface area contributed by atoms with Crippen molar-refractivity contribution in [1.82, 2.24) is 10.2 Å². The van der Waals surface area contributed by atoms with Crippen molar-refractivity contribution in [2.45, 2.75) is 41.9 Å². The Bertz CT molecular complexity index is 929. The number of fused-ring (bicyclic) bond motifs is 4. The molecule has 0 saturated carbocycles. The number of Topliss-reactive ketones (excluding diaryl/α,β-unsaturated/α-hetero) is 1. The Morgan fingerprint density at radius 2 is 2.09 bits per heavy atom. The molecule has 3 heterocycles. The van der Waals surface area contributed by atoms with Crippen LogP contribution in [0.4, 0.5) is 4.79 Å². The Morgan fingerprint density at radius 3 is 2.67 bits per heavy atom. The first kappa shape index (κ1) is 24.6. The summed E-state index contributed by atoms with van der Waals surface area (Å²) >= 11 is 4.90. The third kappa shape index (κ3) is 3.39. The number of carbonyl (C=O) groups is 2. The largest absolute Gasteiger partial charge is 0.871 e. The van der Waals surface area contributed by atoms with Crippen molar-refractivity contribution in [3.63, 3.8) is 0 Å². The van der Waals surface area contributed by atoms with Gasteiger partial charge in [-0.2, -0.15) is 12.6 Å². The summed E-state index contributed by atoms with van der Waals surface area (Å²) in [6, 6.07) is -0.0768. The van der Waals surface area contributed by atoms with Crippen LogP contribution in [0.15, 0.2) is 22.6 Å². The summed E-state index contributed by atoms with van der Waals surface area (Å²) in [7, 11) is 2.80. The van der Waals surface area contributed by atoms with E-state index in [4.69, 9.17) is 19.9 Å². The number of rotatable bonds is 9. The minimum atomic E-state index is -1.72. The highest BCUT2D eigenvalue weighted by atomic mass is 32.2. The number of carbonyl (C=O) groups excluding carboxylic acids is 2. The molecule has 2 fully saturated rings. The lowest BCUT2D eigenvalue weighted by Gasteiger charge is -2.42. The predicted octanol–water partition coefficient (Wildman–Crippen LogP) is -2.09. The number of piperazine rings is 1. The highest BCUT2D eigenvalue weighted by molar-refractivity contribution is 8.01. The van der Waals surface area contributed by atoms with E-state index in [0.29, 0.717) is 6.54 Å². The van der Waals surface area contributed by atoms with Gasteiger partial charge in [-0.3, -0.25) is 4.79 Å². The zero-order valence-corrected chi connectivity index (χ0v) is 20.2. The van der Waals surface area contributed by atoms with E-state index < -0.39 is 40.7 Å². The van der Waals surface area contributed by atoms with E-state index in [1.54, 1.807) is 4.90 Å². The smallest absolute Gasteiger partial charge is 0.404 e. The van der Waals surface area contributed by atoms with Crippen LogP contribution >= 0.6 is 24.4 Å². The SMILES string of the molecule is COC1(SC[C@H](O)[C@@H](O)CS)C(=O)C2=C(C([O-])=C1C)N1C[C@@H]3N[C@@H]3[C@]1(OC)[C@@H]2COC(N)=O. The van der Waals surface area contributed by atoms with Crippen molar-refractivity contribution in [2.24, 2.45) is 11.7 Å². The van der Waals surface area contributed by atoms with Crippen LogP contribution in [0.5, 0.6) is 0 Å². The first-order valence-electron chi connectivity index (χ1n) is 10.5. The van der Waals surface area contributed by atoms with Gasteiger partial charge in [0, 0.05) is 49.6 Å². The molecule has 1 aliphatic carbocycles. The van der Waals surface area contributed by atoms with Crippen molar-refractivity contribution in [3.8, 4) is 0 Å². The van der Waals surface area contributed by atoms with Gasteiger partial charge in [0.2, 0.25) is 5.78 Å². The van der Waals surface area contributed by atoms with Gasteiger partial charge < -0.3 is 45.5 Å². The molecule has 0 aromatic carbocycles. The highest BCUT2D eigenvalue weighted by Gasteiger charge is 2.72. The van der Waals surface area contributed by atoms with Crippen molar-refractivity contribution >= 4 is 36.3 Å². The van der Waals surface area contributed by atoms with E-state index in [9.17, 15) is 24.9 Å². The number of thiol groups is 1. The Balaban J connectivity index is 1.77. The Labute approximate surface area is 200 Å². The lowest BCUT2D eigenvalue weighted by atomic mass is 9.81. The molecule has 1 amide bonds. The Hall–Kier alpha value is -1.48. The van der Waals surface area contributed by atoms with Crippen LogP contribution in [0.25, 0.3) is 0 Å². The van der Waals surface area contributed by atoms with Gasteiger partial charge in [0.15, 0.2) is 10.7 Å². The molecule has 7 atom stereocenters. The van der Waals surface area contributed by atoms with E-state index in [2.05, 4.69) is 17.9 Å². The fourth-order valence-electron chi connectivity index (χ4n) is 5.28.